The molecular weight excluding hydrogens is 430 g/mol. The SMILES string of the molecule is COc1ccc(-c2cc(C3(C(=O)NC4CCN(Cc5ccccc5)CC4)CC3)no2)cc1OC. The summed E-state index contributed by atoms with van der Waals surface area (Å²) in [5.74, 6) is 1.96. The van der Waals surface area contributed by atoms with Gasteiger partial charge in [-0.3, -0.25) is 9.69 Å². The molecule has 0 atom stereocenters. The Morgan fingerprint density at radius 3 is 2.47 bits per heavy atom. The zero-order valence-corrected chi connectivity index (χ0v) is 19.8. The highest BCUT2D eigenvalue weighted by atomic mass is 16.5. The molecule has 2 heterocycles. The Hall–Kier alpha value is -3.32. The monoisotopic (exact) mass is 461 g/mol. The molecule has 0 bridgehead atoms. The second kappa shape index (κ2) is 9.50. The highest BCUT2D eigenvalue weighted by molar-refractivity contribution is 5.91. The first kappa shape index (κ1) is 22.5. The Labute approximate surface area is 200 Å². The number of nitrogens with zero attached hydrogens (tertiary/aromatic N) is 2. The minimum atomic E-state index is -0.570. The topological polar surface area (TPSA) is 76.8 Å². The van der Waals surface area contributed by atoms with E-state index in [0.717, 1.165) is 50.9 Å². The van der Waals surface area contributed by atoms with Crippen molar-refractivity contribution in [1.29, 1.82) is 0 Å². The third-order valence-electron chi connectivity index (χ3n) is 7.02. The van der Waals surface area contributed by atoms with Crippen LogP contribution in [0.2, 0.25) is 0 Å². The highest BCUT2D eigenvalue weighted by Crippen LogP contribution is 2.49. The van der Waals surface area contributed by atoms with Gasteiger partial charge in [0, 0.05) is 37.3 Å². The molecule has 34 heavy (non-hydrogen) atoms. The van der Waals surface area contributed by atoms with Gasteiger partial charge in [0.2, 0.25) is 5.91 Å². The summed E-state index contributed by atoms with van der Waals surface area (Å²) in [7, 11) is 3.20. The van der Waals surface area contributed by atoms with Crippen molar-refractivity contribution in [2.75, 3.05) is 27.3 Å². The number of methoxy groups -OCH3 is 2. The van der Waals surface area contributed by atoms with Crippen LogP contribution >= 0.6 is 0 Å². The van der Waals surface area contributed by atoms with E-state index in [1.54, 1.807) is 14.2 Å². The van der Waals surface area contributed by atoms with Gasteiger partial charge in [-0.25, -0.2) is 0 Å². The lowest BCUT2D eigenvalue weighted by atomic mass is 9.97. The van der Waals surface area contributed by atoms with Gasteiger partial charge in [0.05, 0.1) is 25.3 Å². The van der Waals surface area contributed by atoms with Crippen molar-refractivity contribution in [1.82, 2.24) is 15.4 Å². The fourth-order valence-electron chi connectivity index (χ4n) is 4.75. The molecule has 2 aromatic carbocycles. The van der Waals surface area contributed by atoms with Crippen LogP contribution in [0.25, 0.3) is 11.3 Å². The van der Waals surface area contributed by atoms with Gasteiger partial charge >= 0.3 is 0 Å². The summed E-state index contributed by atoms with van der Waals surface area (Å²) in [5.41, 5.74) is 2.30. The van der Waals surface area contributed by atoms with E-state index < -0.39 is 5.41 Å². The molecule has 1 amide bonds. The van der Waals surface area contributed by atoms with Gasteiger partial charge in [-0.05, 0) is 49.4 Å². The molecule has 1 N–H and O–H groups in total. The minimum Gasteiger partial charge on any atom is -0.493 e. The molecule has 0 unspecified atom stereocenters. The minimum absolute atomic E-state index is 0.0705. The summed E-state index contributed by atoms with van der Waals surface area (Å²) < 4.78 is 16.3. The molecule has 2 aliphatic rings. The number of amides is 1. The molecular formula is C27H31N3O4. The Balaban J connectivity index is 1.20. The highest BCUT2D eigenvalue weighted by Gasteiger charge is 2.54. The maximum Gasteiger partial charge on any atom is 0.232 e. The van der Waals surface area contributed by atoms with Crippen molar-refractivity contribution in [2.24, 2.45) is 0 Å². The number of benzene rings is 2. The lowest BCUT2D eigenvalue weighted by molar-refractivity contribution is -0.124. The van der Waals surface area contributed by atoms with Crippen LogP contribution in [0.4, 0.5) is 0 Å². The first-order valence-corrected chi connectivity index (χ1v) is 11.9. The number of nitrogens with one attached hydrogen (secondary N) is 1. The molecule has 1 aliphatic carbocycles. The van der Waals surface area contributed by atoms with E-state index >= 15 is 0 Å². The maximum atomic E-state index is 13.3. The average Bonchev–Trinajstić information content (AvgIpc) is 3.55. The zero-order valence-electron chi connectivity index (χ0n) is 19.8. The molecule has 1 saturated heterocycles. The van der Waals surface area contributed by atoms with Gasteiger partial charge in [0.1, 0.15) is 0 Å². The Morgan fingerprint density at radius 1 is 1.06 bits per heavy atom. The summed E-state index contributed by atoms with van der Waals surface area (Å²) in [5, 5.41) is 7.58. The smallest absolute Gasteiger partial charge is 0.232 e. The van der Waals surface area contributed by atoms with Crippen LogP contribution in [0.5, 0.6) is 11.5 Å². The Bertz CT molecular complexity index is 1130. The molecule has 1 saturated carbocycles. The van der Waals surface area contributed by atoms with Gasteiger partial charge in [-0.15, -0.1) is 0 Å². The lowest BCUT2D eigenvalue weighted by Gasteiger charge is -2.33. The number of hydrogen-bond acceptors (Lipinski definition) is 6. The van der Waals surface area contributed by atoms with Crippen molar-refractivity contribution in [2.45, 2.75) is 43.7 Å². The van der Waals surface area contributed by atoms with Crippen molar-refractivity contribution in [3.8, 4) is 22.8 Å². The van der Waals surface area contributed by atoms with Crippen LogP contribution < -0.4 is 14.8 Å². The van der Waals surface area contributed by atoms with Crippen molar-refractivity contribution < 1.29 is 18.8 Å². The van der Waals surface area contributed by atoms with E-state index in [0.29, 0.717) is 23.0 Å². The number of carbonyl (C=O) groups is 1. The van der Waals surface area contributed by atoms with Crippen LogP contribution in [0, 0.1) is 0 Å². The third-order valence-corrected chi connectivity index (χ3v) is 7.02. The summed E-state index contributed by atoms with van der Waals surface area (Å²) in [4.78, 5) is 15.7. The van der Waals surface area contributed by atoms with E-state index in [2.05, 4.69) is 39.6 Å². The maximum absolute atomic E-state index is 13.3. The predicted molar refractivity (Wildman–Crippen MR) is 129 cm³/mol. The van der Waals surface area contributed by atoms with E-state index in [9.17, 15) is 4.79 Å². The summed E-state index contributed by atoms with van der Waals surface area (Å²) in [6.07, 6.45) is 3.52. The first-order chi connectivity index (χ1) is 16.6. The largest absolute Gasteiger partial charge is 0.493 e. The van der Waals surface area contributed by atoms with Crippen LogP contribution in [-0.2, 0) is 16.8 Å². The summed E-state index contributed by atoms with van der Waals surface area (Å²) in [6.45, 7) is 2.93. The molecule has 1 aliphatic heterocycles. The van der Waals surface area contributed by atoms with Crippen LogP contribution in [-0.4, -0.2) is 49.3 Å². The van der Waals surface area contributed by atoms with Crippen molar-refractivity contribution in [3.63, 3.8) is 0 Å². The molecule has 7 nitrogen and oxygen atoms in total. The Kier molecular flexibility index (Phi) is 6.28. The van der Waals surface area contributed by atoms with Crippen LogP contribution in [0.15, 0.2) is 59.1 Å². The van der Waals surface area contributed by atoms with E-state index in [1.165, 1.54) is 5.56 Å². The standard InChI is InChI=1S/C27H31N3O4/c1-32-22-9-8-20(16-24(22)33-2)23-17-25(29-34-23)27(12-13-27)26(31)28-21-10-14-30(15-11-21)18-19-6-4-3-5-7-19/h3-9,16-17,21H,10-15,18H2,1-2H3,(H,28,31). The molecule has 0 spiro atoms. The second-order valence-corrected chi connectivity index (χ2v) is 9.24. The molecule has 3 aromatic rings. The number of piperidine rings is 1. The second-order valence-electron chi connectivity index (χ2n) is 9.24. The molecule has 2 fully saturated rings. The van der Waals surface area contributed by atoms with E-state index in [4.69, 9.17) is 14.0 Å². The Morgan fingerprint density at radius 2 is 1.79 bits per heavy atom. The molecule has 1 aromatic heterocycles. The fraction of sp³-hybridized carbons (Fsp3) is 0.407. The normalized spacial score (nSPS) is 17.8. The van der Waals surface area contributed by atoms with Gasteiger partial charge < -0.3 is 19.3 Å². The zero-order chi connectivity index (χ0) is 23.5. The summed E-state index contributed by atoms with van der Waals surface area (Å²) >= 11 is 0. The predicted octanol–water partition coefficient (Wildman–Crippen LogP) is 4.17. The number of likely N-dealkylation sites (tertiary alicyclic amines) is 1. The van der Waals surface area contributed by atoms with E-state index in [1.807, 2.05) is 30.3 Å². The van der Waals surface area contributed by atoms with Gasteiger partial charge in [0.25, 0.3) is 0 Å². The quantitative estimate of drug-likeness (QED) is 0.543. The first-order valence-electron chi connectivity index (χ1n) is 11.9. The van der Waals surface area contributed by atoms with Gasteiger partial charge in [0.15, 0.2) is 17.3 Å². The average molecular weight is 462 g/mol. The molecule has 0 radical (unpaired) electrons. The van der Waals surface area contributed by atoms with Crippen LogP contribution in [0.3, 0.4) is 0 Å². The molecule has 178 valence electrons. The van der Waals surface area contributed by atoms with Gasteiger partial charge in [-0.1, -0.05) is 35.5 Å². The number of ether oxygens (including phenoxy) is 2. The van der Waals surface area contributed by atoms with Gasteiger partial charge in [-0.2, -0.15) is 0 Å². The lowest BCUT2D eigenvalue weighted by Crippen LogP contribution is -2.47. The molecule has 7 heteroatoms. The number of rotatable bonds is 8. The third kappa shape index (κ3) is 4.53. The van der Waals surface area contributed by atoms with Crippen molar-refractivity contribution >= 4 is 5.91 Å². The molecule has 5 rings (SSSR count). The summed E-state index contributed by atoms with van der Waals surface area (Å²) in [6, 6.07) is 18.2. The fourth-order valence-corrected chi connectivity index (χ4v) is 4.75. The van der Waals surface area contributed by atoms with Crippen molar-refractivity contribution in [3.05, 3.63) is 65.9 Å². The number of hydrogen-bond donors (Lipinski definition) is 1. The number of carbonyl (C=O) groups excluding carboxylic acids is 1. The number of aromatic nitrogens is 1. The van der Waals surface area contributed by atoms with Crippen LogP contribution in [0.1, 0.15) is 36.9 Å². The van der Waals surface area contributed by atoms with E-state index in [-0.39, 0.29) is 11.9 Å².